The first-order valence-corrected chi connectivity index (χ1v) is 6.24. The van der Waals surface area contributed by atoms with Crippen molar-refractivity contribution in [3.8, 4) is 6.07 Å². The van der Waals surface area contributed by atoms with Crippen LogP contribution in [0.5, 0.6) is 0 Å². The molecule has 1 rings (SSSR count). The first kappa shape index (κ1) is 15.5. The van der Waals surface area contributed by atoms with Gasteiger partial charge in [-0.1, -0.05) is 37.8 Å². The highest BCUT2D eigenvalue weighted by atomic mass is 16.4. The summed E-state index contributed by atoms with van der Waals surface area (Å²) in [5.74, 6) is -1.32. The predicted octanol–water partition coefficient (Wildman–Crippen LogP) is 3.82. The van der Waals surface area contributed by atoms with Gasteiger partial charge in [-0.2, -0.15) is 5.26 Å². The first-order chi connectivity index (χ1) is 9.49. The maximum atomic E-state index is 11.4. The summed E-state index contributed by atoms with van der Waals surface area (Å²) in [6, 6.07) is 7.63. The number of hydrogen-bond donors (Lipinski definition) is 1. The summed E-state index contributed by atoms with van der Waals surface area (Å²) < 4.78 is 0. The number of nitriles is 1. The Kier molecular flexibility index (Phi) is 5.49. The molecule has 3 heteroatoms. The van der Waals surface area contributed by atoms with Crippen LogP contribution in [0.1, 0.15) is 23.6 Å². The van der Waals surface area contributed by atoms with Crippen molar-refractivity contribution in [1.29, 1.82) is 5.26 Å². The summed E-state index contributed by atoms with van der Waals surface area (Å²) in [6.07, 6.45) is 6.24. The van der Waals surface area contributed by atoms with E-state index < -0.39 is 5.97 Å². The van der Waals surface area contributed by atoms with E-state index in [2.05, 4.69) is 6.58 Å². The largest absolute Gasteiger partial charge is 0.478 e. The molecule has 0 aliphatic heterocycles. The van der Waals surface area contributed by atoms with E-state index in [0.29, 0.717) is 0 Å². The quantitative estimate of drug-likeness (QED) is 0.651. The number of hydrogen-bond acceptors (Lipinski definition) is 2. The Morgan fingerprint density at radius 1 is 1.50 bits per heavy atom. The van der Waals surface area contributed by atoms with Crippen LogP contribution >= 0.6 is 0 Å². The molecule has 102 valence electrons. The molecular weight excluding hydrogens is 250 g/mol. The molecule has 0 fully saturated rings. The molecule has 0 aromatic heterocycles. The smallest absolute Gasteiger partial charge is 0.332 e. The first-order valence-electron chi connectivity index (χ1n) is 6.24. The molecule has 0 radical (unpaired) electrons. The lowest BCUT2D eigenvalue weighted by Gasteiger charge is -2.09. The van der Waals surface area contributed by atoms with Crippen molar-refractivity contribution in [3.63, 3.8) is 0 Å². The van der Waals surface area contributed by atoms with Gasteiger partial charge in [-0.15, -0.1) is 0 Å². The van der Waals surface area contributed by atoms with Gasteiger partial charge in [0.15, 0.2) is 0 Å². The molecule has 0 saturated carbocycles. The van der Waals surface area contributed by atoms with Gasteiger partial charge >= 0.3 is 5.97 Å². The van der Waals surface area contributed by atoms with Gasteiger partial charge in [0.25, 0.3) is 0 Å². The molecule has 0 bridgehead atoms. The van der Waals surface area contributed by atoms with Crippen molar-refractivity contribution in [2.24, 2.45) is 5.92 Å². The Labute approximate surface area is 119 Å². The van der Waals surface area contributed by atoms with E-state index in [-0.39, 0.29) is 11.5 Å². The molecule has 0 saturated heterocycles. The minimum absolute atomic E-state index is 0.251. The molecule has 0 heterocycles. The number of aryl methyl sites for hydroxylation is 1. The van der Waals surface area contributed by atoms with E-state index in [0.717, 1.165) is 16.7 Å². The van der Waals surface area contributed by atoms with Gasteiger partial charge in [-0.25, -0.2) is 4.79 Å². The third kappa shape index (κ3) is 3.96. The zero-order valence-corrected chi connectivity index (χ0v) is 11.6. The van der Waals surface area contributed by atoms with Gasteiger partial charge in [-0.05, 0) is 35.8 Å². The van der Waals surface area contributed by atoms with Crippen LogP contribution in [0.15, 0.2) is 42.5 Å². The second kappa shape index (κ2) is 7.10. The van der Waals surface area contributed by atoms with Crippen molar-refractivity contribution in [2.75, 3.05) is 0 Å². The monoisotopic (exact) mass is 267 g/mol. The number of carboxylic acid groups (broad SMARTS) is 1. The van der Waals surface area contributed by atoms with Crippen LogP contribution in [-0.4, -0.2) is 11.1 Å². The fourth-order valence-electron chi connectivity index (χ4n) is 1.79. The molecule has 0 aliphatic rings. The number of carboxylic acids is 1. The molecule has 0 spiro atoms. The predicted molar refractivity (Wildman–Crippen MR) is 80.8 cm³/mol. The molecular formula is C17H17NO2. The summed E-state index contributed by atoms with van der Waals surface area (Å²) in [5.41, 5.74) is 3.02. The van der Waals surface area contributed by atoms with Gasteiger partial charge in [0.05, 0.1) is 6.07 Å². The summed E-state index contributed by atoms with van der Waals surface area (Å²) in [4.78, 5) is 11.4. The van der Waals surface area contributed by atoms with Crippen LogP contribution in [0.25, 0.3) is 12.2 Å². The Bertz CT molecular complexity index is 618. The molecule has 1 N–H and O–H groups in total. The Morgan fingerprint density at radius 3 is 2.75 bits per heavy atom. The lowest BCUT2D eigenvalue weighted by atomic mass is 9.95. The molecule has 1 aromatic carbocycles. The van der Waals surface area contributed by atoms with E-state index in [1.54, 1.807) is 25.2 Å². The second-order valence-corrected chi connectivity index (χ2v) is 4.50. The van der Waals surface area contributed by atoms with E-state index in [4.69, 9.17) is 5.26 Å². The zero-order valence-electron chi connectivity index (χ0n) is 11.6. The standard InChI is InChI=1S/C17H17NO2/c1-4-14-8-7-12(2)15(10-14)11-16(17(19)20)13(3)6-5-9-18/h4-8,10-11,13H,1H2,2-3H3,(H,19,20). The Hall–Kier alpha value is -2.60. The fourth-order valence-corrected chi connectivity index (χ4v) is 1.79. The third-order valence-corrected chi connectivity index (χ3v) is 3.05. The fraction of sp³-hybridized carbons (Fsp3) is 0.176. The van der Waals surface area contributed by atoms with Crippen LogP contribution in [0.3, 0.4) is 0 Å². The van der Waals surface area contributed by atoms with Crippen molar-refractivity contribution < 1.29 is 9.90 Å². The summed E-state index contributed by atoms with van der Waals surface area (Å²) in [6.45, 7) is 7.38. The lowest BCUT2D eigenvalue weighted by molar-refractivity contribution is -0.132. The highest BCUT2D eigenvalue weighted by molar-refractivity contribution is 5.93. The SMILES string of the molecule is C=Cc1ccc(C)c(C=C(C(=O)O)C(C)C=CC#N)c1. The van der Waals surface area contributed by atoms with Gasteiger partial charge < -0.3 is 5.11 Å². The van der Waals surface area contributed by atoms with Gasteiger partial charge in [0.2, 0.25) is 0 Å². The zero-order chi connectivity index (χ0) is 15.1. The third-order valence-electron chi connectivity index (χ3n) is 3.05. The molecule has 1 unspecified atom stereocenters. The van der Waals surface area contributed by atoms with Crippen molar-refractivity contribution in [2.45, 2.75) is 13.8 Å². The normalized spacial score (nSPS) is 12.9. The van der Waals surface area contributed by atoms with E-state index in [1.165, 1.54) is 6.08 Å². The molecule has 0 amide bonds. The van der Waals surface area contributed by atoms with Crippen molar-refractivity contribution >= 4 is 18.1 Å². The molecule has 20 heavy (non-hydrogen) atoms. The number of rotatable bonds is 5. The van der Waals surface area contributed by atoms with E-state index in [1.807, 2.05) is 31.2 Å². The maximum absolute atomic E-state index is 11.4. The molecule has 0 aliphatic carbocycles. The lowest BCUT2D eigenvalue weighted by Crippen LogP contribution is -2.08. The Balaban J connectivity index is 3.28. The topological polar surface area (TPSA) is 61.1 Å². The highest BCUT2D eigenvalue weighted by Gasteiger charge is 2.14. The minimum Gasteiger partial charge on any atom is -0.478 e. The van der Waals surface area contributed by atoms with Crippen LogP contribution < -0.4 is 0 Å². The average molecular weight is 267 g/mol. The van der Waals surface area contributed by atoms with Gasteiger partial charge in [0.1, 0.15) is 0 Å². The Morgan fingerprint density at radius 2 is 2.20 bits per heavy atom. The van der Waals surface area contributed by atoms with Crippen LogP contribution in [-0.2, 0) is 4.79 Å². The van der Waals surface area contributed by atoms with Crippen LogP contribution in [0.2, 0.25) is 0 Å². The van der Waals surface area contributed by atoms with Crippen LogP contribution in [0.4, 0.5) is 0 Å². The van der Waals surface area contributed by atoms with Gasteiger partial charge in [0, 0.05) is 17.6 Å². The number of benzene rings is 1. The van der Waals surface area contributed by atoms with Crippen molar-refractivity contribution in [1.82, 2.24) is 0 Å². The van der Waals surface area contributed by atoms with Crippen molar-refractivity contribution in [3.05, 3.63) is 59.2 Å². The van der Waals surface area contributed by atoms with Gasteiger partial charge in [-0.3, -0.25) is 0 Å². The summed E-state index contributed by atoms with van der Waals surface area (Å²) in [7, 11) is 0. The summed E-state index contributed by atoms with van der Waals surface area (Å²) in [5, 5.41) is 17.8. The highest BCUT2D eigenvalue weighted by Crippen LogP contribution is 2.20. The second-order valence-electron chi connectivity index (χ2n) is 4.50. The number of allylic oxidation sites excluding steroid dienone is 2. The van der Waals surface area contributed by atoms with Crippen LogP contribution in [0, 0.1) is 24.2 Å². The van der Waals surface area contributed by atoms with E-state index >= 15 is 0 Å². The number of aliphatic carboxylic acids is 1. The number of carbonyl (C=O) groups is 1. The maximum Gasteiger partial charge on any atom is 0.332 e. The summed E-state index contributed by atoms with van der Waals surface area (Å²) >= 11 is 0. The minimum atomic E-state index is -0.983. The molecule has 3 nitrogen and oxygen atoms in total. The number of nitrogens with zero attached hydrogens (tertiary/aromatic N) is 1. The van der Waals surface area contributed by atoms with E-state index in [9.17, 15) is 9.90 Å². The molecule has 1 atom stereocenters. The molecule has 1 aromatic rings. The average Bonchev–Trinajstić information content (AvgIpc) is 2.43.